The molecule has 29 valence electrons. The standard InChI is InChI=1S/2CH3.3V/h2*1H3;;;/q2*-1;;;+2. The second-order valence-electron chi connectivity index (χ2n) is 0. The normalized spacial score (nSPS) is 0. The summed E-state index contributed by atoms with van der Waals surface area (Å²) in [6.45, 7) is 0. The minimum absolute atomic E-state index is 0. The van der Waals surface area contributed by atoms with Crippen molar-refractivity contribution in [2.45, 2.75) is 0 Å². The van der Waals surface area contributed by atoms with Crippen molar-refractivity contribution in [3.8, 4) is 0 Å². The third kappa shape index (κ3) is 26.4. The predicted octanol–water partition coefficient (Wildman–Crippen LogP) is 0.893. The molecule has 0 aliphatic carbocycles. The van der Waals surface area contributed by atoms with E-state index < -0.39 is 0 Å². The molecular formula is C2H6V3. The fourth-order valence-corrected chi connectivity index (χ4v) is 0. The summed E-state index contributed by atoms with van der Waals surface area (Å²) >= 11 is 0. The third-order valence-electron chi connectivity index (χ3n) is 0. The van der Waals surface area contributed by atoms with Crippen LogP contribution in [0.1, 0.15) is 0 Å². The SMILES string of the molecule is [CH3-].[CH3-].[V+2].[V].[V]. The molecule has 0 aliphatic rings. The van der Waals surface area contributed by atoms with Gasteiger partial charge in [0.25, 0.3) is 0 Å². The van der Waals surface area contributed by atoms with Crippen molar-refractivity contribution in [2.24, 2.45) is 0 Å². The Morgan fingerprint density at radius 3 is 0.600 bits per heavy atom. The van der Waals surface area contributed by atoms with E-state index in [1.54, 1.807) is 0 Å². The van der Waals surface area contributed by atoms with Gasteiger partial charge < -0.3 is 14.9 Å². The molecule has 0 aromatic heterocycles. The van der Waals surface area contributed by atoms with Gasteiger partial charge in [-0.05, 0) is 0 Å². The van der Waals surface area contributed by atoms with Crippen LogP contribution in [-0.4, -0.2) is 0 Å². The molecule has 0 N–H and O–H groups in total. The van der Waals surface area contributed by atoms with E-state index in [-0.39, 0.29) is 70.5 Å². The van der Waals surface area contributed by atoms with E-state index in [1.807, 2.05) is 0 Å². The average Bonchev–Trinajstić information content (AvgIpc) is 0. The van der Waals surface area contributed by atoms with Crippen LogP contribution in [-0.2, 0) is 55.7 Å². The molecule has 0 fully saturated rings. The molecule has 0 heterocycles. The van der Waals surface area contributed by atoms with Crippen molar-refractivity contribution < 1.29 is 55.7 Å². The summed E-state index contributed by atoms with van der Waals surface area (Å²) in [7, 11) is 0. The molecule has 0 spiro atoms. The number of hydrogen-bond donors (Lipinski definition) is 0. The quantitative estimate of drug-likeness (QED) is 0.489. The Kier molecular flexibility index (Phi) is 615. The van der Waals surface area contributed by atoms with E-state index in [4.69, 9.17) is 0 Å². The van der Waals surface area contributed by atoms with Gasteiger partial charge in [-0.25, -0.2) is 0 Å². The van der Waals surface area contributed by atoms with Gasteiger partial charge in [-0.15, -0.1) is 0 Å². The van der Waals surface area contributed by atoms with Crippen LogP contribution in [0, 0.1) is 14.9 Å². The summed E-state index contributed by atoms with van der Waals surface area (Å²) in [6.07, 6.45) is 0. The Bertz CT molecular complexity index is 4.85. The predicted molar refractivity (Wildman–Crippen MR) is 12.8 cm³/mol. The van der Waals surface area contributed by atoms with Crippen LogP contribution in [0.15, 0.2) is 0 Å². The van der Waals surface area contributed by atoms with Gasteiger partial charge in [0.05, 0.1) is 0 Å². The molecule has 0 aromatic rings. The summed E-state index contributed by atoms with van der Waals surface area (Å²) in [6, 6.07) is 0. The molecule has 0 amide bonds. The van der Waals surface area contributed by atoms with Crippen LogP contribution in [0.5, 0.6) is 0 Å². The topological polar surface area (TPSA) is 0 Å². The molecule has 3 heteroatoms. The summed E-state index contributed by atoms with van der Waals surface area (Å²) in [4.78, 5) is 0. The van der Waals surface area contributed by atoms with Gasteiger partial charge in [-0.1, -0.05) is 0 Å². The van der Waals surface area contributed by atoms with Crippen molar-refractivity contribution in [1.29, 1.82) is 0 Å². The van der Waals surface area contributed by atoms with Crippen molar-refractivity contribution in [1.82, 2.24) is 0 Å². The minimum Gasteiger partial charge on any atom is -0.358 e. The third-order valence-corrected chi connectivity index (χ3v) is 0. The van der Waals surface area contributed by atoms with E-state index in [1.165, 1.54) is 0 Å². The Hall–Kier alpha value is 1.75. The molecule has 0 saturated carbocycles. The van der Waals surface area contributed by atoms with E-state index in [2.05, 4.69) is 0 Å². The average molecular weight is 183 g/mol. The van der Waals surface area contributed by atoms with Gasteiger partial charge in [-0.2, -0.15) is 0 Å². The molecule has 0 rings (SSSR count). The fourth-order valence-electron chi connectivity index (χ4n) is 0. The van der Waals surface area contributed by atoms with Gasteiger partial charge in [0.1, 0.15) is 0 Å². The summed E-state index contributed by atoms with van der Waals surface area (Å²) < 4.78 is 0. The summed E-state index contributed by atoms with van der Waals surface area (Å²) in [5.74, 6) is 0. The number of rotatable bonds is 0. The van der Waals surface area contributed by atoms with Gasteiger partial charge >= 0.3 is 18.6 Å². The summed E-state index contributed by atoms with van der Waals surface area (Å²) in [5, 5.41) is 0. The maximum Gasteiger partial charge on any atom is 2.00 e. The molecule has 0 unspecified atom stereocenters. The van der Waals surface area contributed by atoms with Crippen LogP contribution in [0.25, 0.3) is 0 Å². The zero-order valence-electron chi connectivity index (χ0n) is 3.34. The van der Waals surface area contributed by atoms with E-state index in [0.717, 1.165) is 0 Å². The molecule has 5 heavy (non-hydrogen) atoms. The van der Waals surface area contributed by atoms with Crippen LogP contribution in [0.3, 0.4) is 0 Å². The second kappa shape index (κ2) is 42.3. The smallest absolute Gasteiger partial charge is 0.358 e. The van der Waals surface area contributed by atoms with Gasteiger partial charge in [0.15, 0.2) is 0 Å². The Labute approximate surface area is 70.1 Å². The van der Waals surface area contributed by atoms with Crippen LogP contribution in [0.4, 0.5) is 0 Å². The largest absolute Gasteiger partial charge is 2.00 e. The van der Waals surface area contributed by atoms with E-state index in [9.17, 15) is 0 Å². The van der Waals surface area contributed by atoms with Gasteiger partial charge in [-0.3, -0.25) is 0 Å². The molecule has 3 radical (unpaired) electrons. The van der Waals surface area contributed by atoms with Crippen LogP contribution >= 0.6 is 0 Å². The molecule has 0 nitrogen and oxygen atoms in total. The van der Waals surface area contributed by atoms with Crippen molar-refractivity contribution in [3.05, 3.63) is 14.9 Å². The molecule has 0 bridgehead atoms. The first kappa shape index (κ1) is 72.7. The van der Waals surface area contributed by atoms with Crippen molar-refractivity contribution in [3.63, 3.8) is 0 Å². The Balaban J connectivity index is 0. The molecule has 0 saturated heterocycles. The fraction of sp³-hybridized carbons (Fsp3) is 0. The van der Waals surface area contributed by atoms with E-state index in [0.29, 0.717) is 0 Å². The zero-order chi connectivity index (χ0) is 0. The van der Waals surface area contributed by atoms with Crippen LogP contribution < -0.4 is 0 Å². The molecule has 0 atom stereocenters. The van der Waals surface area contributed by atoms with Crippen LogP contribution in [0.2, 0.25) is 0 Å². The molecule has 0 aliphatic heterocycles. The van der Waals surface area contributed by atoms with Crippen molar-refractivity contribution in [2.75, 3.05) is 0 Å². The van der Waals surface area contributed by atoms with Crippen molar-refractivity contribution >= 4 is 0 Å². The van der Waals surface area contributed by atoms with Gasteiger partial charge in [0, 0.05) is 37.1 Å². The molecular weight excluding hydrogens is 177 g/mol. The Morgan fingerprint density at radius 2 is 0.600 bits per heavy atom. The first-order valence-electron chi connectivity index (χ1n) is 0. The maximum atomic E-state index is 0. The monoisotopic (exact) mass is 183 g/mol. The Morgan fingerprint density at radius 1 is 0.600 bits per heavy atom. The zero-order valence-corrected chi connectivity index (χ0v) is 7.53. The molecule has 0 aromatic carbocycles. The minimum atomic E-state index is 0. The van der Waals surface area contributed by atoms with Gasteiger partial charge in [0.2, 0.25) is 0 Å². The first-order chi connectivity index (χ1) is 0. The number of hydrogen-bond acceptors (Lipinski definition) is 0. The maximum absolute atomic E-state index is 0. The van der Waals surface area contributed by atoms with E-state index >= 15 is 0 Å². The summed E-state index contributed by atoms with van der Waals surface area (Å²) in [5.41, 5.74) is 0. The first-order valence-corrected chi connectivity index (χ1v) is 0. The second-order valence-corrected chi connectivity index (χ2v) is 0.